The van der Waals surface area contributed by atoms with E-state index >= 15 is 0 Å². The molecule has 1 heterocycles. The van der Waals surface area contributed by atoms with Crippen molar-refractivity contribution < 1.29 is 14.6 Å². The normalized spacial score (nSPS) is 36.0. The molecule has 0 spiro atoms. The Morgan fingerprint density at radius 2 is 2.06 bits per heavy atom. The van der Waals surface area contributed by atoms with Gasteiger partial charge in [-0.05, 0) is 52.0 Å². The molecular weight excluding hydrogens is 232 g/mol. The molecule has 2 fully saturated rings. The van der Waals surface area contributed by atoms with Gasteiger partial charge in [-0.3, -0.25) is 0 Å². The van der Waals surface area contributed by atoms with E-state index in [0.717, 1.165) is 25.9 Å². The molecule has 1 aliphatic heterocycles. The van der Waals surface area contributed by atoms with Crippen molar-refractivity contribution in [3.8, 4) is 0 Å². The summed E-state index contributed by atoms with van der Waals surface area (Å²) in [6.07, 6.45) is 0.895. The van der Waals surface area contributed by atoms with E-state index in [1.165, 1.54) is 0 Å². The van der Waals surface area contributed by atoms with E-state index in [2.05, 4.69) is 10.6 Å². The van der Waals surface area contributed by atoms with Gasteiger partial charge in [-0.25, -0.2) is 4.79 Å². The van der Waals surface area contributed by atoms with Crippen molar-refractivity contribution in [3.63, 3.8) is 0 Å². The van der Waals surface area contributed by atoms with Gasteiger partial charge >= 0.3 is 6.09 Å². The number of aliphatic hydroxyl groups is 1. The van der Waals surface area contributed by atoms with Crippen molar-refractivity contribution in [3.05, 3.63) is 0 Å². The molecule has 3 N–H and O–H groups in total. The SMILES string of the molecule is CC(C)(C)OC(=O)N[C@H]1[C@H]2CNC[C@H]2CC[C@H]1O. The zero-order valence-electron chi connectivity index (χ0n) is 11.4. The quantitative estimate of drug-likeness (QED) is 0.651. The first kappa shape index (κ1) is 13.6. The Hall–Kier alpha value is -0.810. The van der Waals surface area contributed by atoms with Crippen molar-refractivity contribution in [1.82, 2.24) is 10.6 Å². The first-order valence-corrected chi connectivity index (χ1v) is 6.75. The maximum absolute atomic E-state index is 11.8. The van der Waals surface area contributed by atoms with E-state index in [0.29, 0.717) is 11.8 Å². The first-order chi connectivity index (χ1) is 8.37. The summed E-state index contributed by atoms with van der Waals surface area (Å²) in [6.45, 7) is 7.36. The molecule has 5 nitrogen and oxygen atoms in total. The van der Waals surface area contributed by atoms with Gasteiger partial charge < -0.3 is 20.5 Å². The van der Waals surface area contributed by atoms with Crippen LogP contribution in [-0.2, 0) is 4.74 Å². The maximum Gasteiger partial charge on any atom is 0.407 e. The standard InChI is InChI=1S/C13H24N2O3/c1-13(2,3)18-12(17)15-11-9-7-14-6-8(9)4-5-10(11)16/h8-11,14,16H,4-7H2,1-3H3,(H,15,17)/t8-,9+,10-,11+/m1/s1. The summed E-state index contributed by atoms with van der Waals surface area (Å²) in [5.41, 5.74) is -0.503. The number of carbonyl (C=O) groups excluding carboxylic acids is 1. The summed E-state index contributed by atoms with van der Waals surface area (Å²) in [5.74, 6) is 0.884. The molecule has 0 radical (unpaired) electrons. The highest BCUT2D eigenvalue weighted by Gasteiger charge is 2.42. The van der Waals surface area contributed by atoms with Crippen LogP contribution in [0.15, 0.2) is 0 Å². The molecule has 0 aromatic heterocycles. The predicted molar refractivity (Wildman–Crippen MR) is 68.2 cm³/mol. The van der Waals surface area contributed by atoms with Crippen LogP contribution in [0.1, 0.15) is 33.6 Å². The zero-order chi connectivity index (χ0) is 13.3. The van der Waals surface area contributed by atoms with Gasteiger partial charge in [-0.2, -0.15) is 0 Å². The second-order valence-electron chi connectivity index (χ2n) is 6.40. The minimum absolute atomic E-state index is 0.186. The van der Waals surface area contributed by atoms with Crippen LogP contribution in [0.2, 0.25) is 0 Å². The number of hydrogen-bond donors (Lipinski definition) is 3. The van der Waals surface area contributed by atoms with E-state index in [9.17, 15) is 9.90 Å². The third-order valence-corrected chi connectivity index (χ3v) is 3.78. The Labute approximate surface area is 108 Å². The lowest BCUT2D eigenvalue weighted by Crippen LogP contribution is -2.53. The predicted octanol–water partition coefficient (Wildman–Crippen LogP) is 0.870. The van der Waals surface area contributed by atoms with E-state index < -0.39 is 17.8 Å². The summed E-state index contributed by atoms with van der Waals surface area (Å²) in [4.78, 5) is 11.8. The molecule has 5 heteroatoms. The van der Waals surface area contributed by atoms with Gasteiger partial charge in [0.2, 0.25) is 0 Å². The number of amides is 1. The molecule has 1 aliphatic carbocycles. The van der Waals surface area contributed by atoms with Crippen LogP contribution in [0, 0.1) is 11.8 Å². The van der Waals surface area contributed by atoms with Crippen LogP contribution >= 0.6 is 0 Å². The van der Waals surface area contributed by atoms with Crippen LogP contribution < -0.4 is 10.6 Å². The lowest BCUT2D eigenvalue weighted by molar-refractivity contribution is 0.0187. The lowest BCUT2D eigenvalue weighted by Gasteiger charge is -2.37. The van der Waals surface area contributed by atoms with E-state index in [-0.39, 0.29) is 6.04 Å². The highest BCUT2D eigenvalue weighted by Crippen LogP contribution is 2.33. The summed E-state index contributed by atoms with van der Waals surface area (Å²) in [7, 11) is 0. The second-order valence-corrected chi connectivity index (χ2v) is 6.40. The zero-order valence-corrected chi connectivity index (χ0v) is 11.4. The average Bonchev–Trinajstić information content (AvgIpc) is 2.67. The van der Waals surface area contributed by atoms with Crippen LogP contribution in [-0.4, -0.2) is 42.0 Å². The molecule has 18 heavy (non-hydrogen) atoms. The van der Waals surface area contributed by atoms with Crippen LogP contribution in [0.3, 0.4) is 0 Å². The van der Waals surface area contributed by atoms with Crippen LogP contribution in [0.5, 0.6) is 0 Å². The monoisotopic (exact) mass is 256 g/mol. The molecule has 0 unspecified atom stereocenters. The van der Waals surface area contributed by atoms with Gasteiger partial charge in [-0.1, -0.05) is 0 Å². The molecule has 4 atom stereocenters. The minimum Gasteiger partial charge on any atom is -0.444 e. The Kier molecular flexibility index (Phi) is 3.82. The molecule has 1 amide bonds. The van der Waals surface area contributed by atoms with Gasteiger partial charge in [0.05, 0.1) is 12.1 Å². The number of aliphatic hydroxyl groups excluding tert-OH is 1. The van der Waals surface area contributed by atoms with E-state index in [1.807, 2.05) is 20.8 Å². The molecule has 2 rings (SSSR count). The summed E-state index contributed by atoms with van der Waals surface area (Å²) >= 11 is 0. The van der Waals surface area contributed by atoms with Crippen molar-refractivity contribution >= 4 is 6.09 Å². The Bertz CT molecular complexity index is 314. The lowest BCUT2D eigenvalue weighted by atomic mass is 9.76. The summed E-state index contributed by atoms with van der Waals surface area (Å²) in [5, 5.41) is 16.2. The smallest absolute Gasteiger partial charge is 0.407 e. The molecule has 2 aliphatic rings. The third-order valence-electron chi connectivity index (χ3n) is 3.78. The number of fused-ring (bicyclic) bond motifs is 1. The van der Waals surface area contributed by atoms with Gasteiger partial charge in [0.25, 0.3) is 0 Å². The molecule has 104 valence electrons. The molecule has 1 saturated carbocycles. The second kappa shape index (κ2) is 5.05. The minimum atomic E-state index is -0.503. The fourth-order valence-corrected chi connectivity index (χ4v) is 2.99. The molecule has 1 saturated heterocycles. The van der Waals surface area contributed by atoms with Gasteiger partial charge in [0.15, 0.2) is 0 Å². The molecule has 0 bridgehead atoms. The van der Waals surface area contributed by atoms with Crippen molar-refractivity contribution in [2.75, 3.05) is 13.1 Å². The number of nitrogens with one attached hydrogen (secondary N) is 2. The van der Waals surface area contributed by atoms with E-state index in [1.54, 1.807) is 0 Å². The fourth-order valence-electron chi connectivity index (χ4n) is 2.99. The topological polar surface area (TPSA) is 70.6 Å². The highest BCUT2D eigenvalue weighted by molar-refractivity contribution is 5.68. The van der Waals surface area contributed by atoms with Gasteiger partial charge in [0, 0.05) is 6.54 Å². The molecule has 0 aromatic carbocycles. The van der Waals surface area contributed by atoms with Crippen molar-refractivity contribution in [2.24, 2.45) is 11.8 Å². The van der Waals surface area contributed by atoms with Crippen molar-refractivity contribution in [1.29, 1.82) is 0 Å². The first-order valence-electron chi connectivity index (χ1n) is 6.75. The van der Waals surface area contributed by atoms with E-state index in [4.69, 9.17) is 4.74 Å². The number of carbonyl (C=O) groups is 1. The maximum atomic E-state index is 11.8. The Morgan fingerprint density at radius 3 is 2.72 bits per heavy atom. The number of ether oxygens (including phenoxy) is 1. The Morgan fingerprint density at radius 1 is 1.33 bits per heavy atom. The van der Waals surface area contributed by atoms with Crippen molar-refractivity contribution in [2.45, 2.75) is 51.4 Å². The number of hydrogen-bond acceptors (Lipinski definition) is 4. The number of rotatable bonds is 1. The third kappa shape index (κ3) is 3.14. The van der Waals surface area contributed by atoms with Gasteiger partial charge in [0.1, 0.15) is 5.60 Å². The van der Waals surface area contributed by atoms with Gasteiger partial charge in [-0.15, -0.1) is 0 Å². The molecule has 0 aromatic rings. The number of alkyl carbamates (subject to hydrolysis) is 1. The largest absolute Gasteiger partial charge is 0.444 e. The summed E-state index contributed by atoms with van der Waals surface area (Å²) < 4.78 is 5.26. The Balaban J connectivity index is 1.95. The highest BCUT2D eigenvalue weighted by atomic mass is 16.6. The van der Waals surface area contributed by atoms with Crippen LogP contribution in [0.25, 0.3) is 0 Å². The summed E-state index contributed by atoms with van der Waals surface area (Å²) in [6, 6.07) is -0.186. The fraction of sp³-hybridized carbons (Fsp3) is 0.923. The average molecular weight is 256 g/mol. The molecular formula is C13H24N2O3. The van der Waals surface area contributed by atoms with Crippen LogP contribution in [0.4, 0.5) is 4.79 Å².